The highest BCUT2D eigenvalue weighted by Gasteiger charge is 2.34. The molecular weight excluding hydrogens is 334 g/mol. The molecule has 0 spiro atoms. The van der Waals surface area contributed by atoms with Crippen LogP contribution in [0, 0.1) is 5.92 Å². The number of rotatable bonds is 8. The van der Waals surface area contributed by atoms with E-state index in [4.69, 9.17) is 9.47 Å². The Morgan fingerprint density at radius 3 is 2.59 bits per heavy atom. The number of nitrogens with one attached hydrogen (secondary N) is 1. The number of ether oxygens (including phenoxy) is 2. The molecule has 3 rings (SSSR count). The van der Waals surface area contributed by atoms with Gasteiger partial charge in [0.05, 0.1) is 12.7 Å². The molecule has 1 saturated heterocycles. The molecule has 2 atom stereocenters. The van der Waals surface area contributed by atoms with Crippen LogP contribution in [-0.4, -0.2) is 25.9 Å². The van der Waals surface area contributed by atoms with Crippen LogP contribution >= 0.6 is 0 Å². The van der Waals surface area contributed by atoms with Gasteiger partial charge >= 0.3 is 0 Å². The average Bonchev–Trinajstić information content (AvgIpc) is 2.68. The van der Waals surface area contributed by atoms with E-state index in [-0.39, 0.29) is 5.60 Å². The average molecular weight is 368 g/mol. The van der Waals surface area contributed by atoms with Crippen molar-refractivity contribution in [3.05, 3.63) is 65.7 Å². The van der Waals surface area contributed by atoms with Crippen molar-refractivity contribution in [1.29, 1.82) is 0 Å². The summed E-state index contributed by atoms with van der Waals surface area (Å²) in [5.41, 5.74) is 2.63. The van der Waals surface area contributed by atoms with Crippen molar-refractivity contribution in [1.82, 2.24) is 5.32 Å². The van der Waals surface area contributed by atoms with Crippen molar-refractivity contribution in [2.45, 2.75) is 51.2 Å². The summed E-state index contributed by atoms with van der Waals surface area (Å²) in [5, 5.41) is 3.63. The van der Waals surface area contributed by atoms with Gasteiger partial charge in [-0.25, -0.2) is 0 Å². The van der Waals surface area contributed by atoms with Crippen LogP contribution in [0.5, 0.6) is 5.75 Å². The lowest BCUT2D eigenvalue weighted by Crippen LogP contribution is -2.37. The van der Waals surface area contributed by atoms with Gasteiger partial charge in [0.1, 0.15) is 5.75 Å². The third-order valence-corrected chi connectivity index (χ3v) is 5.65. The lowest BCUT2D eigenvalue weighted by molar-refractivity contribution is -0.0772. The molecule has 1 N–H and O–H groups in total. The lowest BCUT2D eigenvalue weighted by Gasteiger charge is -2.40. The third kappa shape index (κ3) is 5.57. The highest BCUT2D eigenvalue weighted by molar-refractivity contribution is 5.37. The lowest BCUT2D eigenvalue weighted by atomic mass is 9.75. The van der Waals surface area contributed by atoms with Crippen molar-refractivity contribution in [2.75, 3.05) is 20.3 Å². The topological polar surface area (TPSA) is 30.5 Å². The second-order valence-corrected chi connectivity index (χ2v) is 8.16. The Morgan fingerprint density at radius 1 is 1.11 bits per heavy atom. The molecule has 1 heterocycles. The molecule has 0 bridgehead atoms. The van der Waals surface area contributed by atoms with Crippen LogP contribution in [-0.2, 0) is 11.3 Å². The second-order valence-electron chi connectivity index (χ2n) is 8.16. The molecule has 3 heteroatoms. The number of hydrogen-bond donors (Lipinski definition) is 1. The monoisotopic (exact) mass is 367 g/mol. The van der Waals surface area contributed by atoms with Crippen LogP contribution in [0.2, 0.25) is 0 Å². The van der Waals surface area contributed by atoms with Crippen LogP contribution in [0.3, 0.4) is 0 Å². The summed E-state index contributed by atoms with van der Waals surface area (Å²) >= 11 is 0. The van der Waals surface area contributed by atoms with Gasteiger partial charge < -0.3 is 14.8 Å². The molecule has 146 valence electrons. The van der Waals surface area contributed by atoms with Gasteiger partial charge in [-0.2, -0.15) is 0 Å². The second kappa shape index (κ2) is 9.38. The van der Waals surface area contributed by atoms with E-state index in [9.17, 15) is 0 Å². The first-order valence-electron chi connectivity index (χ1n) is 10.1. The van der Waals surface area contributed by atoms with Gasteiger partial charge in [-0.3, -0.25) is 0 Å². The van der Waals surface area contributed by atoms with E-state index >= 15 is 0 Å². The number of para-hydroxylation sites is 1. The molecular formula is C24H33NO2. The van der Waals surface area contributed by atoms with Crippen molar-refractivity contribution < 1.29 is 9.47 Å². The van der Waals surface area contributed by atoms with E-state index in [1.807, 2.05) is 0 Å². The summed E-state index contributed by atoms with van der Waals surface area (Å²) in [6.07, 6.45) is 3.31. The third-order valence-electron chi connectivity index (χ3n) is 5.65. The SMILES string of the molecule is COc1ccccc1[C@@H](CCNCc1ccccc1)[C@H]1CCOC(C)(C)C1. The fourth-order valence-electron chi connectivity index (χ4n) is 4.33. The van der Waals surface area contributed by atoms with E-state index in [1.165, 1.54) is 11.1 Å². The van der Waals surface area contributed by atoms with Gasteiger partial charge in [0.25, 0.3) is 0 Å². The highest BCUT2D eigenvalue weighted by atomic mass is 16.5. The Bertz CT molecular complexity index is 699. The van der Waals surface area contributed by atoms with Crippen LogP contribution < -0.4 is 10.1 Å². The standard InChI is InChI=1S/C24H33NO2/c1-24(2)17-20(14-16-27-24)21(22-11-7-8-12-23(22)26-3)13-15-25-18-19-9-5-4-6-10-19/h4-12,20-21,25H,13-18H2,1-3H3/t20-,21-/m0/s1. The molecule has 0 amide bonds. The Labute approximate surface area is 164 Å². The summed E-state index contributed by atoms with van der Waals surface area (Å²) in [5.74, 6) is 2.10. The van der Waals surface area contributed by atoms with Crippen molar-refractivity contribution >= 4 is 0 Å². The largest absolute Gasteiger partial charge is 0.496 e. The first-order valence-corrected chi connectivity index (χ1v) is 10.1. The molecule has 2 aromatic rings. The Morgan fingerprint density at radius 2 is 1.85 bits per heavy atom. The van der Waals surface area contributed by atoms with Crippen molar-refractivity contribution in [3.63, 3.8) is 0 Å². The van der Waals surface area contributed by atoms with Gasteiger partial charge in [0.2, 0.25) is 0 Å². The van der Waals surface area contributed by atoms with Crippen LogP contribution in [0.1, 0.15) is 50.2 Å². The molecule has 0 aliphatic carbocycles. The first-order chi connectivity index (χ1) is 13.1. The maximum atomic E-state index is 5.97. The maximum Gasteiger partial charge on any atom is 0.122 e. The van der Waals surface area contributed by atoms with Crippen molar-refractivity contribution in [2.24, 2.45) is 5.92 Å². The van der Waals surface area contributed by atoms with Gasteiger partial charge in [-0.15, -0.1) is 0 Å². The fourth-order valence-corrected chi connectivity index (χ4v) is 4.33. The molecule has 0 unspecified atom stereocenters. The molecule has 3 nitrogen and oxygen atoms in total. The Kier molecular flexibility index (Phi) is 6.92. The number of methoxy groups -OCH3 is 1. The maximum absolute atomic E-state index is 5.97. The highest BCUT2D eigenvalue weighted by Crippen LogP contribution is 2.42. The summed E-state index contributed by atoms with van der Waals surface area (Å²) in [4.78, 5) is 0. The predicted octanol–water partition coefficient (Wildman–Crippen LogP) is 5.16. The minimum Gasteiger partial charge on any atom is -0.496 e. The molecule has 2 aromatic carbocycles. The smallest absolute Gasteiger partial charge is 0.122 e. The zero-order chi connectivity index (χ0) is 19.1. The zero-order valence-corrected chi connectivity index (χ0v) is 16.9. The molecule has 0 aromatic heterocycles. The van der Waals surface area contributed by atoms with E-state index in [0.717, 1.165) is 44.7 Å². The minimum atomic E-state index is -0.0410. The Hall–Kier alpha value is -1.84. The molecule has 27 heavy (non-hydrogen) atoms. The summed E-state index contributed by atoms with van der Waals surface area (Å²) in [6, 6.07) is 19.1. The quantitative estimate of drug-likeness (QED) is 0.654. The molecule has 1 fully saturated rings. The molecule has 0 saturated carbocycles. The van der Waals surface area contributed by atoms with Crippen LogP contribution in [0.15, 0.2) is 54.6 Å². The Balaban J connectivity index is 1.69. The summed E-state index contributed by atoms with van der Waals surface area (Å²) in [7, 11) is 1.78. The van der Waals surface area contributed by atoms with Gasteiger partial charge in [0.15, 0.2) is 0 Å². The normalized spacial score (nSPS) is 20.2. The van der Waals surface area contributed by atoms with Gasteiger partial charge in [-0.1, -0.05) is 48.5 Å². The van der Waals surface area contributed by atoms with Gasteiger partial charge in [-0.05, 0) is 68.7 Å². The molecule has 0 radical (unpaired) electrons. The van der Waals surface area contributed by atoms with Gasteiger partial charge in [0, 0.05) is 13.2 Å². The van der Waals surface area contributed by atoms with Crippen LogP contribution in [0.4, 0.5) is 0 Å². The van der Waals surface area contributed by atoms with E-state index in [0.29, 0.717) is 11.8 Å². The number of benzene rings is 2. The predicted molar refractivity (Wildman–Crippen MR) is 111 cm³/mol. The molecule has 1 aliphatic rings. The summed E-state index contributed by atoms with van der Waals surface area (Å²) in [6.45, 7) is 7.19. The van der Waals surface area contributed by atoms with E-state index in [2.05, 4.69) is 73.8 Å². The first kappa shape index (κ1) is 19.9. The van der Waals surface area contributed by atoms with Crippen LogP contribution in [0.25, 0.3) is 0 Å². The van der Waals surface area contributed by atoms with E-state index < -0.39 is 0 Å². The van der Waals surface area contributed by atoms with E-state index in [1.54, 1.807) is 7.11 Å². The molecule has 1 aliphatic heterocycles. The van der Waals surface area contributed by atoms with Crippen molar-refractivity contribution in [3.8, 4) is 5.75 Å². The minimum absolute atomic E-state index is 0.0410. The summed E-state index contributed by atoms with van der Waals surface area (Å²) < 4.78 is 11.7. The number of hydrogen-bond acceptors (Lipinski definition) is 3. The zero-order valence-electron chi connectivity index (χ0n) is 16.9. The fraction of sp³-hybridized carbons (Fsp3) is 0.500.